The number of nitrogens with one attached hydrogen (secondary N) is 1. The number of carbonyl (C=O) groups is 1. The summed E-state index contributed by atoms with van der Waals surface area (Å²) in [5.74, 6) is 0.928. The third-order valence-corrected chi connectivity index (χ3v) is 5.08. The van der Waals surface area contributed by atoms with Crippen LogP contribution in [0.1, 0.15) is 13.3 Å². The minimum Gasteiger partial charge on any atom is -0.454 e. The van der Waals surface area contributed by atoms with Gasteiger partial charge in [0.05, 0.1) is 10.9 Å². The van der Waals surface area contributed by atoms with E-state index in [1.54, 1.807) is 42.5 Å². The van der Waals surface area contributed by atoms with Crippen molar-refractivity contribution in [1.82, 2.24) is 18.7 Å². The van der Waals surface area contributed by atoms with Crippen LogP contribution in [0.15, 0.2) is 52.1 Å². The number of amides is 1. The molecule has 1 amide bonds. The van der Waals surface area contributed by atoms with Crippen molar-refractivity contribution in [2.24, 2.45) is 0 Å². The molecule has 0 saturated heterocycles. The van der Waals surface area contributed by atoms with Gasteiger partial charge in [-0.1, -0.05) is 19.1 Å². The molecule has 0 spiro atoms. The molecule has 1 aliphatic heterocycles. The molecule has 0 saturated carbocycles. The highest BCUT2D eigenvalue weighted by Gasteiger charge is 2.19. The van der Waals surface area contributed by atoms with Crippen LogP contribution < -0.4 is 26.0 Å². The lowest BCUT2D eigenvalue weighted by molar-refractivity contribution is -0.117. The molecule has 0 unspecified atom stereocenters. The van der Waals surface area contributed by atoms with Gasteiger partial charge < -0.3 is 14.8 Å². The molecule has 4 aromatic rings. The van der Waals surface area contributed by atoms with Gasteiger partial charge in [-0.25, -0.2) is 13.9 Å². The van der Waals surface area contributed by atoms with Gasteiger partial charge in [0, 0.05) is 18.3 Å². The van der Waals surface area contributed by atoms with Crippen LogP contribution in [0, 0.1) is 0 Å². The first-order chi connectivity index (χ1) is 15.1. The first kappa shape index (κ1) is 18.9. The first-order valence-corrected chi connectivity index (χ1v) is 9.87. The molecule has 1 N–H and O–H groups in total. The van der Waals surface area contributed by atoms with E-state index in [4.69, 9.17) is 9.47 Å². The number of nitrogens with zero attached hydrogens (tertiary/aromatic N) is 4. The first-order valence-electron chi connectivity index (χ1n) is 9.87. The summed E-state index contributed by atoms with van der Waals surface area (Å²) >= 11 is 0. The molecular weight excluding hydrogens is 402 g/mol. The van der Waals surface area contributed by atoms with Gasteiger partial charge in [-0.3, -0.25) is 14.2 Å². The maximum absolute atomic E-state index is 13.1. The monoisotopic (exact) mass is 421 g/mol. The number of fused-ring (bicyclic) bond motifs is 4. The zero-order valence-corrected chi connectivity index (χ0v) is 16.7. The number of anilines is 1. The van der Waals surface area contributed by atoms with Crippen molar-refractivity contribution < 1.29 is 14.3 Å². The summed E-state index contributed by atoms with van der Waals surface area (Å²) in [6.45, 7) is 2.18. The van der Waals surface area contributed by atoms with Crippen molar-refractivity contribution in [1.29, 1.82) is 0 Å². The predicted molar refractivity (Wildman–Crippen MR) is 113 cm³/mol. The summed E-state index contributed by atoms with van der Waals surface area (Å²) < 4.78 is 14.5. The van der Waals surface area contributed by atoms with Crippen molar-refractivity contribution in [3.8, 4) is 11.5 Å². The molecule has 158 valence electrons. The Hall–Kier alpha value is -4.08. The zero-order chi connectivity index (χ0) is 21.5. The molecule has 0 atom stereocenters. The number of para-hydroxylation sites is 1. The molecule has 2 aromatic heterocycles. The van der Waals surface area contributed by atoms with Crippen molar-refractivity contribution >= 4 is 28.3 Å². The van der Waals surface area contributed by atoms with Gasteiger partial charge in [-0.15, -0.1) is 5.10 Å². The maximum Gasteiger partial charge on any atom is 0.352 e. The Labute approximate surface area is 175 Å². The second-order valence-corrected chi connectivity index (χ2v) is 7.17. The fourth-order valence-electron chi connectivity index (χ4n) is 3.71. The van der Waals surface area contributed by atoms with Gasteiger partial charge >= 0.3 is 5.69 Å². The van der Waals surface area contributed by atoms with Crippen LogP contribution in [0.25, 0.3) is 16.7 Å². The summed E-state index contributed by atoms with van der Waals surface area (Å²) in [5.41, 5.74) is 0.269. The van der Waals surface area contributed by atoms with Gasteiger partial charge in [0.25, 0.3) is 5.56 Å². The Morgan fingerprint density at radius 2 is 1.94 bits per heavy atom. The molecule has 3 heterocycles. The number of hydrogen-bond acceptors (Lipinski definition) is 6. The summed E-state index contributed by atoms with van der Waals surface area (Å²) in [6, 6.07) is 11.9. The van der Waals surface area contributed by atoms with Crippen molar-refractivity contribution in [3.63, 3.8) is 0 Å². The fraction of sp³-hybridized carbons (Fsp3) is 0.238. The van der Waals surface area contributed by atoms with E-state index in [-0.39, 0.29) is 24.7 Å². The van der Waals surface area contributed by atoms with E-state index in [1.807, 2.05) is 6.92 Å². The Kier molecular flexibility index (Phi) is 4.46. The number of aromatic nitrogens is 4. The third kappa shape index (κ3) is 3.12. The topological polar surface area (TPSA) is 109 Å². The molecule has 0 bridgehead atoms. The van der Waals surface area contributed by atoms with E-state index >= 15 is 0 Å². The van der Waals surface area contributed by atoms with Crippen molar-refractivity contribution in [2.75, 3.05) is 12.1 Å². The molecule has 10 nitrogen and oxygen atoms in total. The van der Waals surface area contributed by atoms with E-state index in [9.17, 15) is 14.4 Å². The normalized spacial score (nSPS) is 12.5. The number of carbonyl (C=O) groups excluding carboxylic acids is 1. The smallest absolute Gasteiger partial charge is 0.352 e. The lowest BCUT2D eigenvalue weighted by Crippen LogP contribution is -2.29. The number of benzene rings is 2. The largest absolute Gasteiger partial charge is 0.454 e. The minimum absolute atomic E-state index is 0.136. The molecule has 2 aromatic carbocycles. The average molecular weight is 421 g/mol. The molecule has 10 heteroatoms. The second-order valence-electron chi connectivity index (χ2n) is 7.17. The number of rotatable bonds is 5. The molecule has 5 rings (SSSR count). The van der Waals surface area contributed by atoms with Crippen LogP contribution in [0.3, 0.4) is 0 Å². The van der Waals surface area contributed by atoms with Crippen LogP contribution in [-0.4, -0.2) is 31.4 Å². The molecule has 1 aliphatic rings. The Balaban J connectivity index is 1.53. The highest BCUT2D eigenvalue weighted by Crippen LogP contribution is 2.34. The highest BCUT2D eigenvalue weighted by atomic mass is 16.7. The minimum atomic E-state index is -0.489. The van der Waals surface area contributed by atoms with Crippen LogP contribution in [0.4, 0.5) is 5.69 Å². The molecular formula is C21H19N5O5. The summed E-state index contributed by atoms with van der Waals surface area (Å²) in [4.78, 5) is 38.6. The van der Waals surface area contributed by atoms with E-state index < -0.39 is 11.6 Å². The SMILES string of the molecule is CCCn1c(=O)c2ccccc2n2c(=O)n(CC(=O)Nc3ccc4c(c3)OCO4)nc12. The van der Waals surface area contributed by atoms with Gasteiger partial charge in [-0.2, -0.15) is 0 Å². The lowest BCUT2D eigenvalue weighted by atomic mass is 10.2. The molecule has 31 heavy (non-hydrogen) atoms. The summed E-state index contributed by atoms with van der Waals surface area (Å²) in [5, 5.41) is 7.46. The number of aryl methyl sites for hydroxylation is 1. The van der Waals surface area contributed by atoms with Crippen LogP contribution in [0.5, 0.6) is 11.5 Å². The number of ether oxygens (including phenoxy) is 2. The van der Waals surface area contributed by atoms with Crippen LogP contribution >= 0.6 is 0 Å². The Morgan fingerprint density at radius 3 is 2.77 bits per heavy atom. The zero-order valence-electron chi connectivity index (χ0n) is 16.7. The number of hydrogen-bond donors (Lipinski definition) is 1. The lowest BCUT2D eigenvalue weighted by Gasteiger charge is -2.07. The molecule has 0 aliphatic carbocycles. The van der Waals surface area contributed by atoms with Gasteiger partial charge in [-0.05, 0) is 30.7 Å². The van der Waals surface area contributed by atoms with Crippen molar-refractivity contribution in [2.45, 2.75) is 26.4 Å². The quantitative estimate of drug-likeness (QED) is 0.524. The third-order valence-electron chi connectivity index (χ3n) is 5.08. The summed E-state index contributed by atoms with van der Waals surface area (Å²) in [7, 11) is 0. The van der Waals surface area contributed by atoms with E-state index in [0.29, 0.717) is 41.1 Å². The second kappa shape index (κ2) is 7.31. The molecule has 0 radical (unpaired) electrons. The van der Waals surface area contributed by atoms with Crippen molar-refractivity contribution in [3.05, 3.63) is 63.3 Å². The van der Waals surface area contributed by atoms with Crippen LogP contribution in [-0.2, 0) is 17.9 Å². The summed E-state index contributed by atoms with van der Waals surface area (Å²) in [6.07, 6.45) is 0.694. The average Bonchev–Trinajstić information content (AvgIpc) is 3.35. The standard InChI is InChI=1S/C21H19N5O5/c1-2-9-24-19(28)14-5-3-4-6-15(14)26-20(24)23-25(21(26)29)11-18(27)22-13-7-8-16-17(10-13)31-12-30-16/h3-8,10H,2,9,11-12H2,1H3,(H,22,27). The Bertz CT molecular complexity index is 1450. The maximum atomic E-state index is 13.1. The van der Waals surface area contributed by atoms with Gasteiger partial charge in [0.1, 0.15) is 6.54 Å². The van der Waals surface area contributed by atoms with E-state index in [0.717, 1.165) is 4.68 Å². The molecule has 0 fully saturated rings. The fourth-order valence-corrected chi connectivity index (χ4v) is 3.71. The predicted octanol–water partition coefficient (Wildman–Crippen LogP) is 1.59. The highest BCUT2D eigenvalue weighted by molar-refractivity contribution is 5.91. The van der Waals surface area contributed by atoms with Crippen LogP contribution in [0.2, 0.25) is 0 Å². The Morgan fingerprint density at radius 1 is 1.13 bits per heavy atom. The van der Waals surface area contributed by atoms with Gasteiger partial charge in [0.15, 0.2) is 11.5 Å². The van der Waals surface area contributed by atoms with Gasteiger partial charge in [0.2, 0.25) is 18.5 Å². The van der Waals surface area contributed by atoms with E-state index in [1.165, 1.54) is 8.97 Å². The van der Waals surface area contributed by atoms with E-state index in [2.05, 4.69) is 10.4 Å².